The molecule has 1 aromatic heterocycles. The Kier molecular flexibility index (Phi) is 4.77. The monoisotopic (exact) mass is 329 g/mol. The van der Waals surface area contributed by atoms with Crippen LogP contribution in [0, 0.1) is 0 Å². The molecule has 0 saturated carbocycles. The van der Waals surface area contributed by atoms with Gasteiger partial charge < -0.3 is 9.15 Å². The van der Waals surface area contributed by atoms with Crippen molar-refractivity contribution in [3.05, 3.63) is 54.0 Å². The smallest absolute Gasteiger partial charge is 0.239 e. The molecule has 1 aliphatic heterocycles. The van der Waals surface area contributed by atoms with E-state index in [1.54, 1.807) is 30.4 Å². The van der Waals surface area contributed by atoms with E-state index in [2.05, 4.69) is 10.2 Å². The molecular formula is C16H15N3O3S. The Balaban J connectivity index is 1.71. The minimum absolute atomic E-state index is 0.0257. The largest absolute Gasteiger partial charge is 0.497 e. The first kappa shape index (κ1) is 15.4. The van der Waals surface area contributed by atoms with Gasteiger partial charge in [0.1, 0.15) is 11.5 Å². The Morgan fingerprint density at radius 1 is 1.35 bits per heavy atom. The van der Waals surface area contributed by atoms with E-state index in [0.717, 1.165) is 11.3 Å². The van der Waals surface area contributed by atoms with Crippen molar-refractivity contribution in [2.75, 3.05) is 12.9 Å². The fourth-order valence-electron chi connectivity index (χ4n) is 2.04. The number of ether oxygens (including phenoxy) is 1. The number of hydrogen-bond acceptors (Lipinski definition) is 6. The molecule has 3 rings (SSSR count). The lowest BCUT2D eigenvalue weighted by molar-refractivity contribution is -0.124. The van der Waals surface area contributed by atoms with E-state index in [1.807, 2.05) is 24.3 Å². The molecule has 0 radical (unpaired) electrons. The van der Waals surface area contributed by atoms with Crippen molar-refractivity contribution < 1.29 is 13.9 Å². The molecule has 1 aliphatic rings. The summed E-state index contributed by atoms with van der Waals surface area (Å²) in [5.41, 5.74) is 1.00. The fraction of sp³-hybridized carbons (Fsp3) is 0.188. The molecule has 6 nitrogen and oxygen atoms in total. The summed E-state index contributed by atoms with van der Waals surface area (Å²) in [5.74, 6) is 1.81. The van der Waals surface area contributed by atoms with Crippen LogP contribution in [0.3, 0.4) is 0 Å². The summed E-state index contributed by atoms with van der Waals surface area (Å²) in [6.45, 7) is 0.463. The van der Waals surface area contributed by atoms with Crippen LogP contribution in [0.2, 0.25) is 0 Å². The van der Waals surface area contributed by atoms with Gasteiger partial charge in [-0.25, -0.2) is 0 Å². The van der Waals surface area contributed by atoms with Crippen LogP contribution < -0.4 is 4.74 Å². The highest BCUT2D eigenvalue weighted by molar-refractivity contribution is 8.15. The number of carbonyl (C=O) groups excluding carboxylic acids is 1. The highest BCUT2D eigenvalue weighted by atomic mass is 32.2. The molecule has 1 saturated heterocycles. The van der Waals surface area contributed by atoms with Crippen LogP contribution in [0.1, 0.15) is 11.3 Å². The number of methoxy groups -OCH3 is 1. The zero-order valence-electron chi connectivity index (χ0n) is 12.5. The van der Waals surface area contributed by atoms with Gasteiger partial charge in [-0.1, -0.05) is 23.9 Å². The van der Waals surface area contributed by atoms with E-state index in [4.69, 9.17) is 9.15 Å². The van der Waals surface area contributed by atoms with Gasteiger partial charge in [-0.3, -0.25) is 9.69 Å². The molecule has 0 aliphatic carbocycles. The number of carbonyl (C=O) groups is 1. The summed E-state index contributed by atoms with van der Waals surface area (Å²) in [4.78, 5) is 13.7. The number of amides is 1. The second-order valence-electron chi connectivity index (χ2n) is 4.76. The molecule has 0 unspecified atom stereocenters. The Bertz CT molecular complexity index is 724. The highest BCUT2D eigenvalue weighted by Crippen LogP contribution is 2.23. The highest BCUT2D eigenvalue weighted by Gasteiger charge is 2.28. The molecule has 0 atom stereocenters. The van der Waals surface area contributed by atoms with Crippen molar-refractivity contribution in [3.8, 4) is 5.75 Å². The van der Waals surface area contributed by atoms with E-state index in [9.17, 15) is 4.79 Å². The molecule has 7 heteroatoms. The minimum Gasteiger partial charge on any atom is -0.497 e. The lowest BCUT2D eigenvalue weighted by atomic mass is 10.2. The molecule has 1 fully saturated rings. The first-order chi connectivity index (χ1) is 11.3. The lowest BCUT2D eigenvalue weighted by Gasteiger charge is -2.15. The zero-order chi connectivity index (χ0) is 16.1. The maximum Gasteiger partial charge on any atom is 0.239 e. The zero-order valence-corrected chi connectivity index (χ0v) is 13.3. The third-order valence-corrected chi connectivity index (χ3v) is 4.18. The summed E-state index contributed by atoms with van der Waals surface area (Å²) < 4.78 is 10.3. The van der Waals surface area contributed by atoms with Gasteiger partial charge >= 0.3 is 0 Å². The lowest BCUT2D eigenvalue weighted by Crippen LogP contribution is -2.28. The van der Waals surface area contributed by atoms with Gasteiger partial charge in [0.25, 0.3) is 0 Å². The molecular weight excluding hydrogens is 314 g/mol. The topological polar surface area (TPSA) is 67.4 Å². The number of amidine groups is 1. The van der Waals surface area contributed by atoms with Gasteiger partial charge in [0.15, 0.2) is 5.17 Å². The van der Waals surface area contributed by atoms with Crippen molar-refractivity contribution >= 4 is 29.1 Å². The van der Waals surface area contributed by atoms with Crippen molar-refractivity contribution in [1.29, 1.82) is 0 Å². The summed E-state index contributed by atoms with van der Waals surface area (Å²) in [6.07, 6.45) is 3.08. The van der Waals surface area contributed by atoms with Gasteiger partial charge in [0.05, 0.1) is 31.9 Å². The van der Waals surface area contributed by atoms with Crippen LogP contribution in [0.5, 0.6) is 5.75 Å². The normalized spacial score (nSPS) is 16.7. The van der Waals surface area contributed by atoms with Crippen LogP contribution in [-0.4, -0.2) is 35.1 Å². The van der Waals surface area contributed by atoms with Crippen molar-refractivity contribution in [3.63, 3.8) is 0 Å². The molecule has 23 heavy (non-hydrogen) atoms. The average Bonchev–Trinajstić information content (AvgIpc) is 3.20. The number of rotatable bonds is 5. The summed E-state index contributed by atoms with van der Waals surface area (Å²) in [5, 5.41) is 8.70. The van der Waals surface area contributed by atoms with Crippen LogP contribution in [0.25, 0.3) is 0 Å². The third kappa shape index (κ3) is 3.81. The Morgan fingerprint density at radius 2 is 2.17 bits per heavy atom. The van der Waals surface area contributed by atoms with Gasteiger partial charge in [0, 0.05) is 0 Å². The van der Waals surface area contributed by atoms with E-state index < -0.39 is 0 Å². The van der Waals surface area contributed by atoms with Crippen molar-refractivity contribution in [2.24, 2.45) is 10.2 Å². The summed E-state index contributed by atoms with van der Waals surface area (Å²) in [6, 6.07) is 11.2. The van der Waals surface area contributed by atoms with E-state index in [1.165, 1.54) is 18.0 Å². The average molecular weight is 329 g/mol. The number of nitrogens with zero attached hydrogens (tertiary/aromatic N) is 3. The van der Waals surface area contributed by atoms with Crippen LogP contribution in [-0.2, 0) is 11.3 Å². The summed E-state index contributed by atoms with van der Waals surface area (Å²) >= 11 is 1.38. The Labute approximate surface area is 137 Å². The maximum absolute atomic E-state index is 12.0. The molecule has 0 bridgehead atoms. The Morgan fingerprint density at radius 3 is 2.87 bits per heavy atom. The molecule has 1 amide bonds. The minimum atomic E-state index is 0.0257. The predicted octanol–water partition coefficient (Wildman–Crippen LogP) is 2.75. The molecule has 0 spiro atoms. The standard InChI is InChI=1S/C16H15N3O3S/c1-21-13-6-4-12(5-7-13)10-19-15(20)11-23-16(19)18-17-9-14-3-2-8-22-14/h2-9H,10-11H2,1H3/b17-9+,18-16+. The molecule has 0 N–H and O–H groups in total. The molecule has 2 aromatic rings. The first-order valence-electron chi connectivity index (χ1n) is 6.97. The van der Waals surface area contributed by atoms with Crippen LogP contribution in [0.15, 0.2) is 57.3 Å². The maximum atomic E-state index is 12.0. The third-order valence-electron chi connectivity index (χ3n) is 3.23. The van der Waals surface area contributed by atoms with Crippen molar-refractivity contribution in [2.45, 2.75) is 6.54 Å². The van der Waals surface area contributed by atoms with E-state index in [0.29, 0.717) is 23.2 Å². The van der Waals surface area contributed by atoms with Crippen LogP contribution >= 0.6 is 11.8 Å². The van der Waals surface area contributed by atoms with Gasteiger partial charge in [0.2, 0.25) is 5.91 Å². The first-order valence-corrected chi connectivity index (χ1v) is 7.95. The fourth-order valence-corrected chi connectivity index (χ4v) is 2.88. The summed E-state index contributed by atoms with van der Waals surface area (Å²) in [7, 11) is 1.62. The number of furan rings is 1. The second-order valence-corrected chi connectivity index (χ2v) is 5.70. The SMILES string of the molecule is COc1ccc(CN2C(=O)CS/C2=N/N=C/c2ccco2)cc1. The second kappa shape index (κ2) is 7.15. The van der Waals surface area contributed by atoms with Gasteiger partial charge in [-0.15, -0.1) is 5.10 Å². The molecule has 1 aromatic carbocycles. The van der Waals surface area contributed by atoms with Gasteiger partial charge in [-0.2, -0.15) is 5.10 Å². The molecule has 118 valence electrons. The van der Waals surface area contributed by atoms with Crippen LogP contribution in [0.4, 0.5) is 0 Å². The van der Waals surface area contributed by atoms with E-state index >= 15 is 0 Å². The quantitative estimate of drug-likeness (QED) is 0.625. The molecule has 2 heterocycles. The predicted molar refractivity (Wildman–Crippen MR) is 89.7 cm³/mol. The van der Waals surface area contributed by atoms with Gasteiger partial charge in [-0.05, 0) is 29.8 Å². The number of hydrogen-bond donors (Lipinski definition) is 0. The number of thioether (sulfide) groups is 1. The van der Waals surface area contributed by atoms with E-state index in [-0.39, 0.29) is 5.91 Å². The number of benzene rings is 1. The van der Waals surface area contributed by atoms with Crippen molar-refractivity contribution in [1.82, 2.24) is 4.90 Å². The Hall–Kier alpha value is -2.54.